The summed E-state index contributed by atoms with van der Waals surface area (Å²) in [5.74, 6) is 0.571. The van der Waals surface area contributed by atoms with E-state index in [1.54, 1.807) is 6.07 Å². The third kappa shape index (κ3) is 2.40. The van der Waals surface area contributed by atoms with E-state index in [4.69, 9.17) is 4.52 Å². The minimum atomic E-state index is -2.08. The minimum absolute atomic E-state index is 0.571. The number of hydrogen-bond donors (Lipinski definition) is 1. The highest BCUT2D eigenvalue weighted by Gasteiger charge is 2.20. The van der Waals surface area contributed by atoms with Crippen LogP contribution in [0.2, 0.25) is 0 Å². The summed E-state index contributed by atoms with van der Waals surface area (Å²) in [6, 6.07) is 5.65. The summed E-state index contributed by atoms with van der Waals surface area (Å²) in [5, 5.41) is 1.13. The van der Waals surface area contributed by atoms with E-state index in [1.165, 1.54) is 18.4 Å². The van der Waals surface area contributed by atoms with E-state index in [2.05, 4.69) is 23.4 Å². The molecule has 0 spiro atoms. The van der Waals surface area contributed by atoms with Gasteiger partial charge in [0.15, 0.2) is 5.75 Å². The Balaban J connectivity index is 2.46. The Labute approximate surface area is 107 Å². The summed E-state index contributed by atoms with van der Waals surface area (Å²) >= 11 is 0. The van der Waals surface area contributed by atoms with Gasteiger partial charge in [0.25, 0.3) is 0 Å². The molecule has 0 aliphatic carbocycles. The van der Waals surface area contributed by atoms with E-state index in [9.17, 15) is 4.57 Å². The van der Waals surface area contributed by atoms with Gasteiger partial charge in [-0.25, -0.2) is 4.52 Å². The molecule has 1 N–H and O–H groups in total. The molecule has 0 fully saturated rings. The second-order valence-electron chi connectivity index (χ2n) is 3.99. The average Bonchev–Trinajstić information content (AvgIpc) is 2.75. The highest BCUT2D eigenvalue weighted by molar-refractivity contribution is 7.33. The van der Waals surface area contributed by atoms with Gasteiger partial charge in [0.05, 0.1) is 7.11 Å². The van der Waals surface area contributed by atoms with E-state index in [0.717, 1.165) is 23.7 Å². The zero-order valence-corrected chi connectivity index (χ0v) is 11.7. The monoisotopic (exact) mass is 266 g/mol. The lowest BCUT2D eigenvalue weighted by atomic mass is 10.1. The fraction of sp³-hybridized carbons (Fsp3) is 0.385. The number of benzene rings is 1. The van der Waals surface area contributed by atoms with Crippen LogP contribution in [0, 0.1) is 0 Å². The first-order chi connectivity index (χ1) is 8.69. The first kappa shape index (κ1) is 13.1. The number of aryl methyl sites for hydroxylation is 2. The molecule has 0 bridgehead atoms. The number of fused-ring (bicyclic) bond motifs is 1. The quantitative estimate of drug-likeness (QED) is 0.833. The van der Waals surface area contributed by atoms with Crippen LogP contribution in [0.3, 0.4) is 0 Å². The van der Waals surface area contributed by atoms with Gasteiger partial charge in [-0.1, -0.05) is 13.8 Å². The third-order valence-electron chi connectivity index (χ3n) is 3.00. The van der Waals surface area contributed by atoms with Crippen LogP contribution >= 0.6 is 8.25 Å². The van der Waals surface area contributed by atoms with Gasteiger partial charge in [-0.05, 0) is 36.6 Å². The van der Waals surface area contributed by atoms with E-state index in [0.29, 0.717) is 5.75 Å². The van der Waals surface area contributed by atoms with Crippen LogP contribution in [-0.4, -0.2) is 12.1 Å². The Bertz CT molecular complexity index is 577. The molecular formula is C13H17NO3P+. The zero-order valence-electron chi connectivity index (χ0n) is 10.8. The van der Waals surface area contributed by atoms with Crippen molar-refractivity contribution in [1.29, 1.82) is 0 Å². The van der Waals surface area contributed by atoms with Crippen molar-refractivity contribution in [3.8, 4) is 5.75 Å². The molecule has 1 aromatic heterocycles. The molecular weight excluding hydrogens is 249 g/mol. The van der Waals surface area contributed by atoms with Crippen LogP contribution in [0.5, 0.6) is 5.75 Å². The summed E-state index contributed by atoms with van der Waals surface area (Å²) in [6.45, 7) is 4.26. The lowest BCUT2D eigenvalue weighted by Crippen LogP contribution is -1.86. The molecule has 0 saturated carbocycles. The molecule has 1 unspecified atom stereocenters. The van der Waals surface area contributed by atoms with Crippen molar-refractivity contribution in [1.82, 2.24) is 4.98 Å². The summed E-state index contributed by atoms with van der Waals surface area (Å²) in [5.41, 5.74) is 3.63. The number of aromatic amines is 1. The standard InChI is InChI=1S/C13H17NO3P/c1-4-10-11-8-9(17-18(15)16-3)6-7-13(11)14-12(10)5-2/h6-8,14H,4-5H2,1-3H3/q+1. The van der Waals surface area contributed by atoms with Crippen molar-refractivity contribution in [2.45, 2.75) is 26.7 Å². The van der Waals surface area contributed by atoms with E-state index in [-0.39, 0.29) is 0 Å². The van der Waals surface area contributed by atoms with Gasteiger partial charge in [-0.15, -0.1) is 4.52 Å². The molecule has 96 valence electrons. The number of aromatic nitrogens is 1. The van der Waals surface area contributed by atoms with Crippen molar-refractivity contribution >= 4 is 19.2 Å². The maximum atomic E-state index is 11.2. The molecule has 0 aliphatic rings. The first-order valence-corrected chi connectivity index (χ1v) is 7.11. The topological polar surface area (TPSA) is 51.3 Å². The fourth-order valence-corrected chi connectivity index (χ4v) is 2.53. The van der Waals surface area contributed by atoms with Crippen LogP contribution in [0.1, 0.15) is 25.1 Å². The van der Waals surface area contributed by atoms with E-state index in [1.807, 2.05) is 12.1 Å². The summed E-state index contributed by atoms with van der Waals surface area (Å²) in [6.07, 6.45) is 1.93. The van der Waals surface area contributed by atoms with Gasteiger partial charge < -0.3 is 4.98 Å². The second-order valence-corrected chi connectivity index (χ2v) is 4.99. The Hall–Kier alpha value is -1.38. The molecule has 1 atom stereocenters. The highest BCUT2D eigenvalue weighted by atomic mass is 31.1. The maximum Gasteiger partial charge on any atom is 0.749 e. The Kier molecular flexibility index (Phi) is 4.00. The van der Waals surface area contributed by atoms with Gasteiger partial charge in [-0.2, -0.15) is 0 Å². The van der Waals surface area contributed by atoms with Crippen molar-refractivity contribution in [3.63, 3.8) is 0 Å². The minimum Gasteiger partial charge on any atom is -0.358 e. The highest BCUT2D eigenvalue weighted by Crippen LogP contribution is 2.32. The Morgan fingerprint density at radius 1 is 1.28 bits per heavy atom. The summed E-state index contributed by atoms with van der Waals surface area (Å²) in [7, 11) is -0.720. The molecule has 1 aromatic carbocycles. The molecule has 0 saturated heterocycles. The van der Waals surface area contributed by atoms with Gasteiger partial charge in [0.2, 0.25) is 0 Å². The van der Waals surface area contributed by atoms with Gasteiger partial charge in [0.1, 0.15) is 0 Å². The van der Waals surface area contributed by atoms with Crippen molar-refractivity contribution < 1.29 is 13.6 Å². The Morgan fingerprint density at radius 3 is 2.67 bits per heavy atom. The van der Waals surface area contributed by atoms with Crippen molar-refractivity contribution in [2.75, 3.05) is 7.11 Å². The largest absolute Gasteiger partial charge is 0.749 e. The van der Waals surface area contributed by atoms with Crippen molar-refractivity contribution in [2.24, 2.45) is 0 Å². The van der Waals surface area contributed by atoms with Crippen LogP contribution < -0.4 is 4.52 Å². The molecule has 0 aliphatic heterocycles. The fourth-order valence-electron chi connectivity index (χ4n) is 2.17. The van der Waals surface area contributed by atoms with E-state index < -0.39 is 8.25 Å². The molecule has 1 heterocycles. The number of nitrogens with one attached hydrogen (secondary N) is 1. The molecule has 2 rings (SSSR count). The third-order valence-corrected chi connectivity index (χ3v) is 3.66. The van der Waals surface area contributed by atoms with Crippen LogP contribution in [-0.2, 0) is 21.9 Å². The van der Waals surface area contributed by atoms with Crippen molar-refractivity contribution in [3.05, 3.63) is 29.5 Å². The molecule has 5 heteroatoms. The maximum absolute atomic E-state index is 11.2. The summed E-state index contributed by atoms with van der Waals surface area (Å²) in [4.78, 5) is 3.40. The lowest BCUT2D eigenvalue weighted by molar-refractivity contribution is 0.349. The molecule has 0 radical (unpaired) electrons. The summed E-state index contributed by atoms with van der Waals surface area (Å²) < 4.78 is 21.0. The molecule has 4 nitrogen and oxygen atoms in total. The van der Waals surface area contributed by atoms with Crippen LogP contribution in [0.4, 0.5) is 0 Å². The van der Waals surface area contributed by atoms with Gasteiger partial charge >= 0.3 is 8.25 Å². The predicted octanol–water partition coefficient (Wildman–Crippen LogP) is 3.98. The first-order valence-electron chi connectivity index (χ1n) is 6.02. The molecule has 18 heavy (non-hydrogen) atoms. The van der Waals surface area contributed by atoms with Crippen LogP contribution in [0.15, 0.2) is 18.2 Å². The van der Waals surface area contributed by atoms with Crippen LogP contribution in [0.25, 0.3) is 10.9 Å². The number of H-pyrrole nitrogens is 1. The normalized spacial score (nSPS) is 11.8. The van der Waals surface area contributed by atoms with Gasteiger partial charge in [-0.3, -0.25) is 0 Å². The Morgan fingerprint density at radius 2 is 2.06 bits per heavy atom. The lowest BCUT2D eigenvalue weighted by Gasteiger charge is -1.98. The number of rotatable bonds is 5. The van der Waals surface area contributed by atoms with Gasteiger partial charge in [0, 0.05) is 21.2 Å². The molecule has 0 amide bonds. The van der Waals surface area contributed by atoms with E-state index >= 15 is 0 Å². The SMILES string of the molecule is CCc1[nH]c2ccc(O[P+](=O)OC)cc2c1CC. The average molecular weight is 266 g/mol. The molecule has 2 aromatic rings. The predicted molar refractivity (Wildman–Crippen MR) is 72.3 cm³/mol. The zero-order chi connectivity index (χ0) is 13.1. The smallest absolute Gasteiger partial charge is 0.358 e. The number of hydrogen-bond acceptors (Lipinski definition) is 3. The second kappa shape index (κ2) is 5.51.